The maximum Gasteiger partial charge on any atom is 0.0615 e. The average molecular weight is 289 g/mol. The molecule has 0 aromatic carbocycles. The van der Waals surface area contributed by atoms with Gasteiger partial charge in [-0.15, -0.1) is 0 Å². The fourth-order valence-corrected chi connectivity index (χ4v) is 7.26. The van der Waals surface area contributed by atoms with Crippen molar-refractivity contribution in [1.82, 2.24) is 0 Å². The first-order valence-corrected chi connectivity index (χ1v) is 9.29. The molecule has 0 bridgehead atoms. The SMILES string of the molecule is C[C@@]12CCC[C@H]1[C@@H]1CC[C@H]3CCCC[C@]3(C)[C@H]1/C(=N/O)C2. The molecule has 4 saturated carbocycles. The molecular weight excluding hydrogens is 258 g/mol. The fraction of sp³-hybridized carbons (Fsp3) is 0.947. The van der Waals surface area contributed by atoms with Crippen LogP contribution in [0.1, 0.15) is 78.1 Å². The van der Waals surface area contributed by atoms with Crippen molar-refractivity contribution in [3.8, 4) is 0 Å². The number of nitrogens with zero attached hydrogens (tertiary/aromatic N) is 1. The van der Waals surface area contributed by atoms with Gasteiger partial charge < -0.3 is 5.21 Å². The van der Waals surface area contributed by atoms with Gasteiger partial charge in [0.1, 0.15) is 0 Å². The number of oxime groups is 1. The molecule has 0 aliphatic heterocycles. The lowest BCUT2D eigenvalue weighted by atomic mass is 9.45. The molecule has 4 aliphatic rings. The summed E-state index contributed by atoms with van der Waals surface area (Å²) in [6, 6.07) is 0. The Labute approximate surface area is 129 Å². The number of hydrogen-bond donors (Lipinski definition) is 1. The van der Waals surface area contributed by atoms with Gasteiger partial charge >= 0.3 is 0 Å². The second-order valence-corrected chi connectivity index (χ2v) is 9.09. The van der Waals surface area contributed by atoms with Crippen molar-refractivity contribution in [3.63, 3.8) is 0 Å². The lowest BCUT2D eigenvalue weighted by Gasteiger charge is -2.59. The third kappa shape index (κ3) is 1.86. The van der Waals surface area contributed by atoms with Crippen molar-refractivity contribution < 1.29 is 5.21 Å². The molecule has 4 aliphatic carbocycles. The van der Waals surface area contributed by atoms with Crippen molar-refractivity contribution in [2.45, 2.75) is 78.1 Å². The first-order chi connectivity index (χ1) is 10.1. The average Bonchev–Trinajstić information content (AvgIpc) is 2.87. The summed E-state index contributed by atoms with van der Waals surface area (Å²) < 4.78 is 0. The summed E-state index contributed by atoms with van der Waals surface area (Å²) >= 11 is 0. The second-order valence-electron chi connectivity index (χ2n) is 9.09. The highest BCUT2D eigenvalue weighted by Crippen LogP contribution is 2.65. The lowest BCUT2D eigenvalue weighted by molar-refractivity contribution is -0.0527. The molecule has 0 unspecified atom stereocenters. The van der Waals surface area contributed by atoms with Gasteiger partial charge in [-0.05, 0) is 73.5 Å². The largest absolute Gasteiger partial charge is 0.411 e. The highest BCUT2D eigenvalue weighted by atomic mass is 16.4. The van der Waals surface area contributed by atoms with Crippen LogP contribution < -0.4 is 0 Å². The van der Waals surface area contributed by atoms with Gasteiger partial charge in [0, 0.05) is 5.92 Å². The van der Waals surface area contributed by atoms with Crippen LogP contribution in [0.25, 0.3) is 0 Å². The number of rotatable bonds is 0. The predicted octanol–water partition coefficient (Wildman–Crippen LogP) is 5.25. The topological polar surface area (TPSA) is 32.6 Å². The Balaban J connectivity index is 1.75. The first-order valence-electron chi connectivity index (χ1n) is 9.29. The predicted molar refractivity (Wildman–Crippen MR) is 85.6 cm³/mol. The summed E-state index contributed by atoms with van der Waals surface area (Å²) in [7, 11) is 0. The zero-order valence-electron chi connectivity index (χ0n) is 13.8. The van der Waals surface area contributed by atoms with E-state index in [9.17, 15) is 5.21 Å². The fourth-order valence-electron chi connectivity index (χ4n) is 7.26. The van der Waals surface area contributed by atoms with Gasteiger partial charge in [-0.1, -0.05) is 38.3 Å². The highest BCUT2D eigenvalue weighted by molar-refractivity contribution is 5.89. The van der Waals surface area contributed by atoms with E-state index in [1.54, 1.807) is 0 Å². The van der Waals surface area contributed by atoms with Crippen molar-refractivity contribution in [2.75, 3.05) is 0 Å². The Kier molecular flexibility index (Phi) is 3.17. The molecule has 6 atom stereocenters. The minimum Gasteiger partial charge on any atom is -0.411 e. The molecule has 4 rings (SSSR count). The van der Waals surface area contributed by atoms with E-state index in [-0.39, 0.29) is 0 Å². The van der Waals surface area contributed by atoms with Gasteiger partial charge in [0.2, 0.25) is 0 Å². The minimum absolute atomic E-state index is 0.423. The zero-order chi connectivity index (χ0) is 14.7. The van der Waals surface area contributed by atoms with Crippen molar-refractivity contribution in [2.24, 2.45) is 39.7 Å². The molecular formula is C19H31NO. The Hall–Kier alpha value is -0.530. The molecule has 2 heteroatoms. The van der Waals surface area contributed by atoms with Gasteiger partial charge in [-0.3, -0.25) is 0 Å². The summed E-state index contributed by atoms with van der Waals surface area (Å²) in [5.41, 5.74) is 2.03. The van der Waals surface area contributed by atoms with Crippen LogP contribution in [-0.4, -0.2) is 10.9 Å². The summed E-state index contributed by atoms with van der Waals surface area (Å²) in [5.74, 6) is 3.16. The van der Waals surface area contributed by atoms with E-state index >= 15 is 0 Å². The molecule has 0 aromatic heterocycles. The van der Waals surface area contributed by atoms with E-state index in [1.165, 1.54) is 63.5 Å². The molecule has 118 valence electrons. The van der Waals surface area contributed by atoms with Gasteiger partial charge in [0.05, 0.1) is 5.71 Å². The minimum atomic E-state index is 0.423. The Bertz CT molecular complexity index is 458. The number of fused-ring (bicyclic) bond motifs is 5. The normalized spacial score (nSPS) is 54.9. The van der Waals surface area contributed by atoms with Gasteiger partial charge in [0.15, 0.2) is 0 Å². The molecule has 0 radical (unpaired) electrons. The van der Waals surface area contributed by atoms with Crippen LogP contribution in [0.4, 0.5) is 0 Å². The van der Waals surface area contributed by atoms with Crippen LogP contribution in [0, 0.1) is 34.5 Å². The molecule has 0 amide bonds. The molecule has 4 fully saturated rings. The smallest absolute Gasteiger partial charge is 0.0615 e. The summed E-state index contributed by atoms with van der Waals surface area (Å²) in [6.07, 6.45) is 13.6. The molecule has 0 heterocycles. The van der Waals surface area contributed by atoms with Crippen LogP contribution >= 0.6 is 0 Å². The standard InChI is InChI=1S/C19H31NO/c1-18-10-5-7-15(18)14-9-8-13-6-3-4-11-19(13,2)17(14)16(12-18)20-21/h13-15,17,21H,3-12H2,1-2H3/b20-16+/t13-,14+,15+,17-,18+,19+/m1/s1. The van der Waals surface area contributed by atoms with Crippen molar-refractivity contribution in [3.05, 3.63) is 0 Å². The Morgan fingerprint density at radius 3 is 2.67 bits per heavy atom. The third-order valence-electron chi connectivity index (χ3n) is 8.19. The van der Waals surface area contributed by atoms with Gasteiger partial charge in [-0.2, -0.15) is 0 Å². The Morgan fingerprint density at radius 1 is 1.00 bits per heavy atom. The maximum atomic E-state index is 9.76. The molecule has 0 aromatic rings. The molecule has 1 N–H and O–H groups in total. The summed E-state index contributed by atoms with van der Waals surface area (Å²) in [6.45, 7) is 5.01. The van der Waals surface area contributed by atoms with Crippen LogP contribution in [0.15, 0.2) is 5.16 Å². The van der Waals surface area contributed by atoms with Crippen LogP contribution in [0.5, 0.6) is 0 Å². The van der Waals surface area contributed by atoms with E-state index in [4.69, 9.17) is 0 Å². The lowest BCUT2D eigenvalue weighted by Crippen LogP contribution is -2.55. The Morgan fingerprint density at radius 2 is 1.86 bits per heavy atom. The summed E-state index contributed by atoms with van der Waals surface area (Å²) in [4.78, 5) is 0. The van der Waals surface area contributed by atoms with E-state index in [0.717, 1.165) is 24.2 Å². The quantitative estimate of drug-likeness (QED) is 0.479. The van der Waals surface area contributed by atoms with Crippen LogP contribution in [-0.2, 0) is 0 Å². The molecule has 2 nitrogen and oxygen atoms in total. The monoisotopic (exact) mass is 289 g/mol. The number of hydrogen-bond acceptors (Lipinski definition) is 2. The van der Waals surface area contributed by atoms with E-state index < -0.39 is 0 Å². The highest BCUT2D eigenvalue weighted by Gasteiger charge is 2.59. The zero-order valence-corrected chi connectivity index (χ0v) is 13.8. The first kappa shape index (κ1) is 14.1. The maximum absolute atomic E-state index is 9.76. The molecule has 21 heavy (non-hydrogen) atoms. The van der Waals surface area contributed by atoms with Gasteiger partial charge in [0.25, 0.3) is 0 Å². The summed E-state index contributed by atoms with van der Waals surface area (Å²) in [5, 5.41) is 13.6. The van der Waals surface area contributed by atoms with Gasteiger partial charge in [-0.25, -0.2) is 0 Å². The molecule has 0 saturated heterocycles. The van der Waals surface area contributed by atoms with Crippen molar-refractivity contribution >= 4 is 5.71 Å². The third-order valence-corrected chi connectivity index (χ3v) is 8.19. The van der Waals surface area contributed by atoms with Crippen LogP contribution in [0.3, 0.4) is 0 Å². The van der Waals surface area contributed by atoms with E-state index in [1.807, 2.05) is 0 Å². The van der Waals surface area contributed by atoms with Crippen molar-refractivity contribution in [1.29, 1.82) is 0 Å². The van der Waals surface area contributed by atoms with E-state index in [0.29, 0.717) is 16.7 Å². The molecule has 0 spiro atoms. The second kappa shape index (κ2) is 4.73. The van der Waals surface area contributed by atoms with Crippen LogP contribution in [0.2, 0.25) is 0 Å². The van der Waals surface area contributed by atoms with E-state index in [2.05, 4.69) is 19.0 Å².